The monoisotopic (exact) mass is 483 g/mol. The summed E-state index contributed by atoms with van der Waals surface area (Å²) in [5.74, 6) is 1.31. The van der Waals surface area contributed by atoms with Crippen molar-refractivity contribution >= 4 is 34.1 Å². The van der Waals surface area contributed by atoms with Crippen LogP contribution in [0.25, 0.3) is 10.8 Å². The summed E-state index contributed by atoms with van der Waals surface area (Å²) in [5, 5.41) is 6.02. The molecule has 0 bridgehead atoms. The van der Waals surface area contributed by atoms with Crippen molar-refractivity contribution in [1.82, 2.24) is 9.88 Å². The first kappa shape index (κ1) is 22.7. The van der Waals surface area contributed by atoms with Crippen LogP contribution in [0.2, 0.25) is 5.02 Å². The number of methoxy groups -OCH3 is 1. The number of hydrogen-bond donors (Lipinski definition) is 1. The second kappa shape index (κ2) is 9.05. The molecular formula is C27H34ClN3O3. The maximum absolute atomic E-state index is 12.9. The molecule has 4 fully saturated rings. The fourth-order valence-corrected chi connectivity index (χ4v) is 6.82. The Morgan fingerprint density at radius 3 is 2.65 bits per heavy atom. The van der Waals surface area contributed by atoms with Gasteiger partial charge in [0.15, 0.2) is 0 Å². The highest BCUT2D eigenvalue weighted by Crippen LogP contribution is 2.59. The average Bonchev–Trinajstić information content (AvgIpc) is 3.52. The minimum Gasteiger partial charge on any atom is -0.381 e. The van der Waals surface area contributed by atoms with Crippen molar-refractivity contribution in [2.45, 2.75) is 63.0 Å². The lowest BCUT2D eigenvalue weighted by molar-refractivity contribution is -0.118. The quantitative estimate of drug-likeness (QED) is 0.648. The highest BCUT2D eigenvalue weighted by Gasteiger charge is 2.58. The molecule has 0 radical (unpaired) electrons. The van der Waals surface area contributed by atoms with Gasteiger partial charge in [-0.25, -0.2) is 4.98 Å². The number of rotatable bonds is 5. The molecule has 2 aliphatic heterocycles. The number of likely N-dealkylation sites (tertiary alicyclic amines) is 1. The van der Waals surface area contributed by atoms with E-state index in [0.717, 1.165) is 74.2 Å². The molecule has 2 saturated heterocycles. The summed E-state index contributed by atoms with van der Waals surface area (Å²) in [6.07, 6.45) is 9.93. The molecule has 4 aliphatic rings. The minimum absolute atomic E-state index is 0.0930. The van der Waals surface area contributed by atoms with E-state index < -0.39 is 0 Å². The number of anilines is 1. The van der Waals surface area contributed by atoms with Gasteiger partial charge >= 0.3 is 0 Å². The number of benzene rings is 1. The highest BCUT2D eigenvalue weighted by atomic mass is 35.5. The second-order valence-corrected chi connectivity index (χ2v) is 11.2. The van der Waals surface area contributed by atoms with Crippen molar-refractivity contribution in [1.29, 1.82) is 0 Å². The van der Waals surface area contributed by atoms with Crippen LogP contribution in [0.1, 0.15) is 56.4 Å². The van der Waals surface area contributed by atoms with Gasteiger partial charge in [-0.05, 0) is 85.4 Å². The van der Waals surface area contributed by atoms with E-state index in [9.17, 15) is 4.79 Å². The minimum atomic E-state index is 0.0930. The fraction of sp³-hybridized carbons (Fsp3) is 0.630. The second-order valence-electron chi connectivity index (χ2n) is 10.8. The predicted molar refractivity (Wildman–Crippen MR) is 133 cm³/mol. The number of ether oxygens (including phenoxy) is 2. The van der Waals surface area contributed by atoms with Crippen LogP contribution in [0.3, 0.4) is 0 Å². The third-order valence-corrected chi connectivity index (χ3v) is 9.27. The summed E-state index contributed by atoms with van der Waals surface area (Å²) < 4.78 is 10.9. The van der Waals surface area contributed by atoms with Gasteiger partial charge in [0.1, 0.15) is 5.82 Å². The summed E-state index contributed by atoms with van der Waals surface area (Å²) >= 11 is 6.73. The first-order valence-electron chi connectivity index (χ1n) is 12.8. The van der Waals surface area contributed by atoms with Crippen molar-refractivity contribution in [2.24, 2.45) is 11.3 Å². The molecule has 2 aliphatic carbocycles. The highest BCUT2D eigenvalue weighted by molar-refractivity contribution is 6.32. The Labute approximate surface area is 206 Å². The molecule has 1 atom stereocenters. The first-order valence-corrected chi connectivity index (χ1v) is 13.2. The van der Waals surface area contributed by atoms with Crippen molar-refractivity contribution in [3.8, 4) is 0 Å². The number of amides is 1. The van der Waals surface area contributed by atoms with Crippen LogP contribution in [0.15, 0.2) is 24.4 Å². The van der Waals surface area contributed by atoms with Crippen LogP contribution in [-0.4, -0.2) is 61.3 Å². The molecule has 1 aromatic heterocycles. The molecule has 182 valence electrons. The van der Waals surface area contributed by atoms with Gasteiger partial charge in [0.05, 0.1) is 6.10 Å². The largest absolute Gasteiger partial charge is 0.381 e. The molecule has 1 amide bonds. The van der Waals surface area contributed by atoms with E-state index in [1.807, 2.05) is 25.4 Å². The lowest BCUT2D eigenvalue weighted by Gasteiger charge is -2.46. The Morgan fingerprint density at radius 2 is 1.91 bits per heavy atom. The molecule has 1 aromatic carbocycles. The molecule has 1 spiro atoms. The lowest BCUT2D eigenvalue weighted by atomic mass is 9.80. The van der Waals surface area contributed by atoms with Crippen molar-refractivity contribution < 1.29 is 14.3 Å². The molecule has 6 rings (SSSR count). The molecule has 6 nitrogen and oxygen atoms in total. The Bertz CT molecular complexity index is 1070. The van der Waals surface area contributed by atoms with Gasteiger partial charge in [-0.2, -0.15) is 0 Å². The van der Waals surface area contributed by atoms with E-state index in [1.54, 1.807) is 0 Å². The van der Waals surface area contributed by atoms with Crippen LogP contribution in [0, 0.1) is 11.3 Å². The SMILES string of the molecule is COC1CN([C@H]2CC[C@@H](c3cc4cc(NC(=O)[C@@H]5CC56CCOCC6)ncc4cc3Cl)CC2)C1. The lowest BCUT2D eigenvalue weighted by Crippen LogP contribution is -2.56. The fourth-order valence-electron chi connectivity index (χ4n) is 6.50. The maximum Gasteiger partial charge on any atom is 0.229 e. The molecule has 0 unspecified atom stereocenters. The zero-order chi connectivity index (χ0) is 23.3. The van der Waals surface area contributed by atoms with Gasteiger partial charge in [0.2, 0.25) is 5.91 Å². The van der Waals surface area contributed by atoms with Gasteiger partial charge in [-0.15, -0.1) is 0 Å². The van der Waals surface area contributed by atoms with Gasteiger partial charge in [-0.1, -0.05) is 11.6 Å². The van der Waals surface area contributed by atoms with Crippen LogP contribution in [0.4, 0.5) is 5.82 Å². The Hall–Kier alpha value is -1.73. The molecule has 34 heavy (non-hydrogen) atoms. The number of nitrogens with zero attached hydrogens (tertiary/aromatic N) is 2. The third-order valence-electron chi connectivity index (χ3n) is 8.95. The van der Waals surface area contributed by atoms with Crippen LogP contribution >= 0.6 is 11.6 Å². The van der Waals surface area contributed by atoms with Crippen molar-refractivity contribution in [3.63, 3.8) is 0 Å². The van der Waals surface area contributed by atoms with Crippen molar-refractivity contribution in [2.75, 3.05) is 38.7 Å². The molecule has 2 saturated carbocycles. The number of hydrogen-bond acceptors (Lipinski definition) is 5. The standard InChI is InChI=1S/C27H34ClN3O3/c1-33-21-15-31(16-21)20-4-2-17(3-5-20)22-10-18-12-25(29-14-19(18)11-24(22)28)30-26(32)23-13-27(23)6-8-34-9-7-27/h10-12,14,17,20-21,23H,2-9,13,15-16H2,1H3,(H,29,30,32)/t17-,20+,23-/m0/s1. The number of nitrogens with one attached hydrogen (secondary N) is 1. The topological polar surface area (TPSA) is 63.7 Å². The van der Waals surface area contributed by atoms with E-state index >= 15 is 0 Å². The number of aromatic nitrogens is 1. The molecular weight excluding hydrogens is 450 g/mol. The number of carbonyl (C=O) groups excluding carboxylic acids is 1. The molecule has 3 heterocycles. The van der Waals surface area contributed by atoms with E-state index in [-0.39, 0.29) is 17.2 Å². The van der Waals surface area contributed by atoms with Crippen LogP contribution in [0.5, 0.6) is 0 Å². The normalized spacial score (nSPS) is 29.2. The van der Waals surface area contributed by atoms with E-state index in [4.69, 9.17) is 21.1 Å². The first-order chi connectivity index (χ1) is 16.5. The van der Waals surface area contributed by atoms with Gasteiger partial charge < -0.3 is 14.8 Å². The zero-order valence-electron chi connectivity index (χ0n) is 19.9. The summed E-state index contributed by atoms with van der Waals surface area (Å²) in [6, 6.07) is 6.94. The summed E-state index contributed by atoms with van der Waals surface area (Å²) in [7, 11) is 1.81. The number of carbonyl (C=O) groups is 1. The molecule has 7 heteroatoms. The van der Waals surface area contributed by atoms with Gasteiger partial charge in [0, 0.05) is 62.0 Å². The van der Waals surface area contributed by atoms with Crippen LogP contribution < -0.4 is 5.32 Å². The number of pyridine rings is 1. The van der Waals surface area contributed by atoms with E-state index in [0.29, 0.717) is 23.9 Å². The Balaban J connectivity index is 1.12. The molecule has 1 N–H and O–H groups in total. The molecule has 2 aromatic rings. The smallest absolute Gasteiger partial charge is 0.229 e. The van der Waals surface area contributed by atoms with E-state index in [1.165, 1.54) is 18.4 Å². The average molecular weight is 484 g/mol. The maximum atomic E-state index is 12.9. The van der Waals surface area contributed by atoms with E-state index in [2.05, 4.69) is 21.3 Å². The number of halogens is 1. The Morgan fingerprint density at radius 1 is 1.15 bits per heavy atom. The van der Waals surface area contributed by atoms with Crippen LogP contribution in [-0.2, 0) is 14.3 Å². The van der Waals surface area contributed by atoms with Gasteiger partial charge in [0.25, 0.3) is 0 Å². The Kier molecular flexibility index (Phi) is 6.05. The summed E-state index contributed by atoms with van der Waals surface area (Å²) in [5.41, 5.74) is 1.40. The summed E-state index contributed by atoms with van der Waals surface area (Å²) in [6.45, 7) is 3.68. The van der Waals surface area contributed by atoms with Crippen molar-refractivity contribution in [3.05, 3.63) is 35.0 Å². The third kappa shape index (κ3) is 4.23. The zero-order valence-corrected chi connectivity index (χ0v) is 20.7. The van der Waals surface area contributed by atoms with Gasteiger partial charge in [-0.3, -0.25) is 9.69 Å². The summed E-state index contributed by atoms with van der Waals surface area (Å²) in [4.78, 5) is 20.0. The predicted octanol–water partition coefficient (Wildman–Crippen LogP) is 5.00. The number of fused-ring (bicyclic) bond motifs is 1.